The van der Waals surface area contributed by atoms with Crippen molar-refractivity contribution in [3.63, 3.8) is 0 Å². The van der Waals surface area contributed by atoms with E-state index in [1.54, 1.807) is 13.1 Å². The Labute approximate surface area is 127 Å². The summed E-state index contributed by atoms with van der Waals surface area (Å²) in [6, 6.07) is 0. The van der Waals surface area contributed by atoms with E-state index >= 15 is 0 Å². The number of aromatic nitrogens is 1. The molecule has 0 amide bonds. The number of piperidine rings is 1. The molecule has 1 saturated heterocycles. The molecule has 0 bridgehead atoms. The zero-order valence-electron chi connectivity index (χ0n) is 13.1. The van der Waals surface area contributed by atoms with Gasteiger partial charge in [-0.3, -0.25) is 4.98 Å². The third-order valence-electron chi connectivity index (χ3n) is 4.47. The van der Waals surface area contributed by atoms with Gasteiger partial charge in [-0.05, 0) is 58.8 Å². The number of aryl methyl sites for hydroxylation is 1. The van der Waals surface area contributed by atoms with Gasteiger partial charge in [0, 0.05) is 23.9 Å². The fourth-order valence-electron chi connectivity index (χ4n) is 2.89. The SMILES string of the molecule is Cc1ncc(CO)c(CNCCC2CCN(C)CC2)c1O. The third kappa shape index (κ3) is 4.40. The van der Waals surface area contributed by atoms with Gasteiger partial charge in [-0.2, -0.15) is 0 Å². The number of aliphatic hydroxyl groups excluding tert-OH is 1. The lowest BCUT2D eigenvalue weighted by molar-refractivity contribution is 0.211. The summed E-state index contributed by atoms with van der Waals surface area (Å²) >= 11 is 0. The van der Waals surface area contributed by atoms with Gasteiger partial charge in [0.15, 0.2) is 0 Å². The highest BCUT2D eigenvalue weighted by molar-refractivity contribution is 5.40. The minimum Gasteiger partial charge on any atom is -0.506 e. The van der Waals surface area contributed by atoms with E-state index in [0.29, 0.717) is 17.8 Å². The van der Waals surface area contributed by atoms with Crippen molar-refractivity contribution in [2.45, 2.75) is 39.3 Å². The van der Waals surface area contributed by atoms with Crippen LogP contribution in [-0.2, 0) is 13.2 Å². The fourth-order valence-corrected chi connectivity index (χ4v) is 2.89. The average Bonchev–Trinajstić information content (AvgIpc) is 2.49. The van der Waals surface area contributed by atoms with E-state index in [-0.39, 0.29) is 12.4 Å². The summed E-state index contributed by atoms with van der Waals surface area (Å²) in [5.74, 6) is 1.01. The minimum atomic E-state index is -0.0905. The summed E-state index contributed by atoms with van der Waals surface area (Å²) in [4.78, 5) is 6.46. The molecule has 0 radical (unpaired) electrons. The molecule has 0 unspecified atom stereocenters. The number of nitrogens with one attached hydrogen (secondary N) is 1. The summed E-state index contributed by atoms with van der Waals surface area (Å²) in [5.41, 5.74) is 2.08. The standard InChI is InChI=1S/C16H27N3O2/c1-12-16(21)15(14(11-20)9-18-12)10-17-6-3-13-4-7-19(2)8-5-13/h9,13,17,20-21H,3-8,10-11H2,1-2H3. The Kier molecular flexibility index (Phi) is 5.96. The van der Waals surface area contributed by atoms with Crippen molar-refractivity contribution >= 4 is 0 Å². The van der Waals surface area contributed by atoms with Gasteiger partial charge in [-0.25, -0.2) is 0 Å². The van der Waals surface area contributed by atoms with Gasteiger partial charge < -0.3 is 20.4 Å². The van der Waals surface area contributed by atoms with Crippen LogP contribution in [0.25, 0.3) is 0 Å². The van der Waals surface area contributed by atoms with Gasteiger partial charge in [0.25, 0.3) is 0 Å². The smallest absolute Gasteiger partial charge is 0.141 e. The van der Waals surface area contributed by atoms with Gasteiger partial charge in [0.05, 0.1) is 12.3 Å². The molecule has 5 heteroatoms. The van der Waals surface area contributed by atoms with Gasteiger partial charge in [0.2, 0.25) is 0 Å². The molecule has 21 heavy (non-hydrogen) atoms. The first-order chi connectivity index (χ1) is 10.1. The van der Waals surface area contributed by atoms with Crippen LogP contribution >= 0.6 is 0 Å². The molecule has 1 aromatic heterocycles. The first kappa shape index (κ1) is 16.2. The van der Waals surface area contributed by atoms with Gasteiger partial charge in [-0.15, -0.1) is 0 Å². The number of hydrogen-bond acceptors (Lipinski definition) is 5. The lowest BCUT2D eigenvalue weighted by Gasteiger charge is -2.28. The van der Waals surface area contributed by atoms with Crippen LogP contribution in [0.3, 0.4) is 0 Å². The highest BCUT2D eigenvalue weighted by Gasteiger charge is 2.16. The molecular weight excluding hydrogens is 266 g/mol. The maximum Gasteiger partial charge on any atom is 0.141 e. The Hall–Kier alpha value is -1.17. The minimum absolute atomic E-state index is 0.0905. The Morgan fingerprint density at radius 2 is 2.10 bits per heavy atom. The van der Waals surface area contributed by atoms with Crippen LogP contribution in [0.4, 0.5) is 0 Å². The van der Waals surface area contributed by atoms with Crippen LogP contribution in [0, 0.1) is 12.8 Å². The predicted octanol–water partition coefficient (Wildman–Crippen LogP) is 1.41. The molecule has 0 aromatic carbocycles. The molecule has 1 aliphatic rings. The maximum absolute atomic E-state index is 10.1. The average molecular weight is 293 g/mol. The third-order valence-corrected chi connectivity index (χ3v) is 4.47. The number of aromatic hydroxyl groups is 1. The van der Waals surface area contributed by atoms with Crippen LogP contribution in [0.15, 0.2) is 6.20 Å². The number of aliphatic hydroxyl groups is 1. The molecule has 0 spiro atoms. The van der Waals surface area contributed by atoms with E-state index in [2.05, 4.69) is 22.2 Å². The van der Waals surface area contributed by atoms with Crippen molar-refractivity contribution in [3.05, 3.63) is 23.0 Å². The van der Waals surface area contributed by atoms with Crippen molar-refractivity contribution in [2.24, 2.45) is 5.92 Å². The van der Waals surface area contributed by atoms with Crippen molar-refractivity contribution in [2.75, 3.05) is 26.7 Å². The molecule has 0 saturated carbocycles. The molecule has 0 atom stereocenters. The second-order valence-corrected chi connectivity index (χ2v) is 6.07. The second-order valence-electron chi connectivity index (χ2n) is 6.07. The molecule has 0 aliphatic carbocycles. The molecule has 1 aromatic rings. The van der Waals surface area contributed by atoms with Gasteiger partial charge in [-0.1, -0.05) is 0 Å². The summed E-state index contributed by atoms with van der Waals surface area (Å²) in [6.07, 6.45) is 5.37. The topological polar surface area (TPSA) is 68.6 Å². The highest BCUT2D eigenvalue weighted by atomic mass is 16.3. The van der Waals surface area contributed by atoms with E-state index in [1.165, 1.54) is 32.4 Å². The first-order valence-electron chi connectivity index (χ1n) is 7.78. The summed E-state index contributed by atoms with van der Waals surface area (Å²) < 4.78 is 0. The molecule has 5 nitrogen and oxygen atoms in total. The van der Waals surface area contributed by atoms with Crippen molar-refractivity contribution in [3.8, 4) is 5.75 Å². The Bertz CT molecular complexity index is 457. The van der Waals surface area contributed by atoms with E-state index in [4.69, 9.17) is 0 Å². The van der Waals surface area contributed by atoms with E-state index in [0.717, 1.165) is 18.0 Å². The lowest BCUT2D eigenvalue weighted by Crippen LogP contribution is -2.31. The molecule has 118 valence electrons. The number of hydrogen-bond donors (Lipinski definition) is 3. The van der Waals surface area contributed by atoms with Crippen molar-refractivity contribution in [1.82, 2.24) is 15.2 Å². The van der Waals surface area contributed by atoms with Crippen LogP contribution in [0.1, 0.15) is 36.1 Å². The number of rotatable bonds is 6. The maximum atomic E-state index is 10.1. The number of nitrogens with zero attached hydrogens (tertiary/aromatic N) is 2. The largest absolute Gasteiger partial charge is 0.506 e. The Morgan fingerprint density at radius 3 is 2.76 bits per heavy atom. The molecule has 2 rings (SSSR count). The Balaban J connectivity index is 1.79. The van der Waals surface area contributed by atoms with E-state index in [1.807, 2.05) is 0 Å². The zero-order valence-corrected chi connectivity index (χ0v) is 13.1. The Morgan fingerprint density at radius 1 is 1.38 bits per heavy atom. The lowest BCUT2D eigenvalue weighted by atomic mass is 9.94. The van der Waals surface area contributed by atoms with Crippen molar-refractivity contribution < 1.29 is 10.2 Å². The molecule has 1 aliphatic heterocycles. The number of likely N-dealkylation sites (tertiary alicyclic amines) is 1. The summed E-state index contributed by atoms with van der Waals surface area (Å²) in [7, 11) is 2.18. The van der Waals surface area contributed by atoms with E-state index in [9.17, 15) is 10.2 Å². The fraction of sp³-hybridized carbons (Fsp3) is 0.688. The molecule has 2 heterocycles. The molecule has 3 N–H and O–H groups in total. The van der Waals surface area contributed by atoms with E-state index < -0.39 is 0 Å². The van der Waals surface area contributed by atoms with Crippen molar-refractivity contribution in [1.29, 1.82) is 0 Å². The normalized spacial score (nSPS) is 17.3. The zero-order chi connectivity index (χ0) is 15.2. The first-order valence-corrected chi connectivity index (χ1v) is 7.78. The number of pyridine rings is 1. The summed E-state index contributed by atoms with van der Waals surface area (Å²) in [5, 5.41) is 22.8. The second kappa shape index (κ2) is 7.73. The predicted molar refractivity (Wildman–Crippen MR) is 83.1 cm³/mol. The highest BCUT2D eigenvalue weighted by Crippen LogP contribution is 2.24. The van der Waals surface area contributed by atoms with Crippen LogP contribution in [0.5, 0.6) is 5.75 Å². The quantitative estimate of drug-likeness (QED) is 0.692. The monoisotopic (exact) mass is 293 g/mol. The van der Waals surface area contributed by atoms with Crippen LogP contribution < -0.4 is 5.32 Å². The van der Waals surface area contributed by atoms with Gasteiger partial charge >= 0.3 is 0 Å². The van der Waals surface area contributed by atoms with Crippen LogP contribution in [0.2, 0.25) is 0 Å². The molecule has 1 fully saturated rings. The summed E-state index contributed by atoms with van der Waals surface area (Å²) in [6.45, 7) is 5.61. The van der Waals surface area contributed by atoms with Crippen LogP contribution in [-0.4, -0.2) is 46.8 Å². The molecular formula is C16H27N3O2. The van der Waals surface area contributed by atoms with Gasteiger partial charge in [0.1, 0.15) is 5.75 Å².